The minimum atomic E-state index is 0.426. The standard InChI is InChI=1S/C24H27BrN4O/c1-17-28-22-14-19(10-6-4-3-5-7-12-26)23(30-2)15-21(22)24(29-17)27-16-18-9-8-11-20(25)13-18/h8-9,11,13-15H,3-4,6,10,12,16,26H2,1-2H3,(H,27,28,29). The largest absolute Gasteiger partial charge is 0.496 e. The number of nitrogens with two attached hydrogens (primary N) is 1. The first-order valence-electron chi connectivity index (χ1n) is 10.1. The van der Waals surface area contributed by atoms with E-state index in [4.69, 9.17) is 10.5 Å². The van der Waals surface area contributed by atoms with Gasteiger partial charge < -0.3 is 15.8 Å². The summed E-state index contributed by atoms with van der Waals surface area (Å²) in [5, 5.41) is 4.42. The summed E-state index contributed by atoms with van der Waals surface area (Å²) >= 11 is 3.52. The summed E-state index contributed by atoms with van der Waals surface area (Å²) < 4.78 is 6.74. The van der Waals surface area contributed by atoms with E-state index in [0.717, 1.165) is 64.0 Å². The Kier molecular flexibility index (Phi) is 8.06. The van der Waals surface area contributed by atoms with E-state index in [9.17, 15) is 0 Å². The minimum absolute atomic E-state index is 0.426. The van der Waals surface area contributed by atoms with Crippen LogP contribution in [-0.4, -0.2) is 23.6 Å². The summed E-state index contributed by atoms with van der Waals surface area (Å²) in [6.07, 6.45) is 3.88. The summed E-state index contributed by atoms with van der Waals surface area (Å²) in [7, 11) is 1.71. The fourth-order valence-electron chi connectivity index (χ4n) is 3.36. The zero-order chi connectivity index (χ0) is 21.3. The highest BCUT2D eigenvalue weighted by atomic mass is 79.9. The van der Waals surface area contributed by atoms with Crippen molar-refractivity contribution in [1.29, 1.82) is 0 Å². The first-order valence-corrected chi connectivity index (χ1v) is 10.9. The average Bonchev–Trinajstić information content (AvgIpc) is 2.74. The Labute approximate surface area is 186 Å². The van der Waals surface area contributed by atoms with E-state index in [1.807, 2.05) is 25.1 Å². The molecule has 3 rings (SSSR count). The van der Waals surface area contributed by atoms with Gasteiger partial charge in [0.15, 0.2) is 0 Å². The van der Waals surface area contributed by atoms with Gasteiger partial charge in [-0.15, -0.1) is 5.92 Å². The first-order chi connectivity index (χ1) is 14.6. The first kappa shape index (κ1) is 22.1. The fraction of sp³-hybridized carbons (Fsp3) is 0.333. The Balaban J connectivity index is 1.81. The highest BCUT2D eigenvalue weighted by Gasteiger charge is 2.12. The second-order valence-corrected chi connectivity index (χ2v) is 7.96. The predicted octanol–water partition coefficient (Wildman–Crippen LogP) is 5.00. The van der Waals surface area contributed by atoms with Gasteiger partial charge in [0.1, 0.15) is 17.4 Å². The van der Waals surface area contributed by atoms with Crippen molar-refractivity contribution in [2.45, 2.75) is 39.2 Å². The lowest BCUT2D eigenvalue weighted by Crippen LogP contribution is -2.05. The zero-order valence-electron chi connectivity index (χ0n) is 17.5. The van der Waals surface area contributed by atoms with E-state index in [1.165, 1.54) is 5.56 Å². The van der Waals surface area contributed by atoms with Gasteiger partial charge in [0.25, 0.3) is 0 Å². The van der Waals surface area contributed by atoms with Crippen molar-refractivity contribution in [3.05, 3.63) is 57.8 Å². The Morgan fingerprint density at radius 3 is 2.77 bits per heavy atom. The maximum atomic E-state index is 5.68. The van der Waals surface area contributed by atoms with E-state index in [0.29, 0.717) is 13.1 Å². The monoisotopic (exact) mass is 466 g/mol. The lowest BCUT2D eigenvalue weighted by atomic mass is 10.0. The van der Waals surface area contributed by atoms with Crippen molar-refractivity contribution in [3.8, 4) is 17.6 Å². The molecule has 0 aliphatic carbocycles. The van der Waals surface area contributed by atoms with Crippen LogP contribution in [0, 0.1) is 18.8 Å². The Hall–Kier alpha value is -2.62. The third kappa shape index (κ3) is 5.94. The van der Waals surface area contributed by atoms with Crippen molar-refractivity contribution >= 4 is 32.7 Å². The van der Waals surface area contributed by atoms with Crippen molar-refractivity contribution in [2.75, 3.05) is 19.0 Å². The van der Waals surface area contributed by atoms with Crippen LogP contribution in [0.15, 0.2) is 40.9 Å². The van der Waals surface area contributed by atoms with Gasteiger partial charge in [-0.05, 0) is 61.6 Å². The second-order valence-electron chi connectivity index (χ2n) is 7.05. The number of hydrogen-bond donors (Lipinski definition) is 2. The summed E-state index contributed by atoms with van der Waals surface area (Å²) in [5.41, 5.74) is 8.67. The summed E-state index contributed by atoms with van der Waals surface area (Å²) in [6, 6.07) is 12.4. The molecule has 0 aliphatic heterocycles. The number of halogens is 1. The normalized spacial score (nSPS) is 10.5. The highest BCUT2D eigenvalue weighted by molar-refractivity contribution is 9.10. The van der Waals surface area contributed by atoms with E-state index >= 15 is 0 Å². The fourth-order valence-corrected chi connectivity index (χ4v) is 3.80. The number of aromatic nitrogens is 2. The van der Waals surface area contributed by atoms with Crippen molar-refractivity contribution in [2.24, 2.45) is 5.73 Å². The molecular formula is C24H27BrN4O. The molecule has 1 heterocycles. The van der Waals surface area contributed by atoms with Crippen LogP contribution < -0.4 is 15.8 Å². The van der Waals surface area contributed by atoms with Gasteiger partial charge in [-0.3, -0.25) is 0 Å². The number of benzene rings is 2. The van der Waals surface area contributed by atoms with E-state index in [1.54, 1.807) is 7.11 Å². The molecule has 0 radical (unpaired) electrons. The van der Waals surface area contributed by atoms with Gasteiger partial charge in [-0.2, -0.15) is 0 Å². The van der Waals surface area contributed by atoms with Crippen LogP contribution in [-0.2, 0) is 13.0 Å². The van der Waals surface area contributed by atoms with Gasteiger partial charge in [0.2, 0.25) is 0 Å². The molecule has 0 fully saturated rings. The smallest absolute Gasteiger partial charge is 0.138 e. The summed E-state index contributed by atoms with van der Waals surface area (Å²) in [5.74, 6) is 8.43. The van der Waals surface area contributed by atoms with Crippen LogP contribution in [0.3, 0.4) is 0 Å². The molecular weight excluding hydrogens is 440 g/mol. The van der Waals surface area contributed by atoms with Crippen LogP contribution in [0.2, 0.25) is 0 Å². The molecule has 0 atom stereocenters. The predicted molar refractivity (Wildman–Crippen MR) is 127 cm³/mol. The van der Waals surface area contributed by atoms with Gasteiger partial charge in [-0.25, -0.2) is 9.97 Å². The second kappa shape index (κ2) is 11.0. The molecule has 0 aliphatic rings. The molecule has 0 spiro atoms. The number of rotatable bonds is 8. The van der Waals surface area contributed by atoms with Crippen molar-refractivity contribution in [1.82, 2.24) is 9.97 Å². The number of hydrogen-bond acceptors (Lipinski definition) is 5. The van der Waals surface area contributed by atoms with Crippen LogP contribution in [0.4, 0.5) is 5.82 Å². The zero-order valence-corrected chi connectivity index (χ0v) is 19.1. The number of anilines is 1. The molecule has 6 heteroatoms. The number of nitrogens with zero attached hydrogens (tertiary/aromatic N) is 2. The lowest BCUT2D eigenvalue weighted by Gasteiger charge is -2.14. The molecule has 156 valence electrons. The maximum Gasteiger partial charge on any atom is 0.138 e. The molecule has 0 saturated carbocycles. The van der Waals surface area contributed by atoms with Crippen LogP contribution in [0.5, 0.6) is 5.75 Å². The van der Waals surface area contributed by atoms with Crippen molar-refractivity contribution < 1.29 is 4.74 Å². The summed E-state index contributed by atoms with van der Waals surface area (Å²) in [4.78, 5) is 9.29. The van der Waals surface area contributed by atoms with Crippen LogP contribution in [0.25, 0.3) is 10.9 Å². The number of ether oxygens (including phenoxy) is 1. The van der Waals surface area contributed by atoms with Crippen LogP contribution in [0.1, 0.15) is 36.2 Å². The quantitative estimate of drug-likeness (QED) is 0.361. The van der Waals surface area contributed by atoms with Gasteiger partial charge in [-0.1, -0.05) is 34.0 Å². The Morgan fingerprint density at radius 2 is 2.00 bits per heavy atom. The molecule has 3 N–H and O–H groups in total. The SMILES string of the molecule is COc1cc2c(NCc3cccc(Br)c3)nc(C)nc2cc1CCCCC#CCN. The summed E-state index contributed by atoms with van der Waals surface area (Å²) in [6.45, 7) is 3.03. The Bertz CT molecular complexity index is 1070. The molecule has 0 bridgehead atoms. The molecule has 5 nitrogen and oxygen atoms in total. The van der Waals surface area contributed by atoms with Gasteiger partial charge in [0, 0.05) is 22.8 Å². The third-order valence-electron chi connectivity index (χ3n) is 4.78. The molecule has 0 unspecified atom stereocenters. The molecule has 1 aromatic heterocycles. The van der Waals surface area contributed by atoms with E-state index in [2.05, 4.69) is 61.3 Å². The molecule has 3 aromatic rings. The van der Waals surface area contributed by atoms with Crippen molar-refractivity contribution in [3.63, 3.8) is 0 Å². The number of methoxy groups -OCH3 is 1. The van der Waals surface area contributed by atoms with Gasteiger partial charge >= 0.3 is 0 Å². The van der Waals surface area contributed by atoms with Gasteiger partial charge in [0.05, 0.1) is 19.2 Å². The minimum Gasteiger partial charge on any atom is -0.496 e. The molecule has 30 heavy (non-hydrogen) atoms. The molecule has 0 saturated heterocycles. The number of aryl methyl sites for hydroxylation is 2. The topological polar surface area (TPSA) is 73.1 Å². The lowest BCUT2D eigenvalue weighted by molar-refractivity contribution is 0.409. The third-order valence-corrected chi connectivity index (χ3v) is 5.28. The number of nitrogens with one attached hydrogen (secondary N) is 1. The van der Waals surface area contributed by atoms with E-state index < -0.39 is 0 Å². The molecule has 2 aromatic carbocycles. The maximum absolute atomic E-state index is 5.68. The molecule has 0 amide bonds. The van der Waals surface area contributed by atoms with Crippen LogP contribution >= 0.6 is 15.9 Å². The highest BCUT2D eigenvalue weighted by Crippen LogP contribution is 2.30. The Morgan fingerprint density at radius 1 is 1.13 bits per heavy atom. The number of fused-ring (bicyclic) bond motifs is 1. The number of unbranched alkanes of at least 4 members (excludes halogenated alkanes) is 2. The average molecular weight is 467 g/mol. The van der Waals surface area contributed by atoms with E-state index in [-0.39, 0.29) is 0 Å².